The zero-order chi connectivity index (χ0) is 22.1. The number of allylic oxidation sites excluding steroid dienone is 3. The molecule has 4 rings (SSSR count). The Hall–Kier alpha value is -2.28. The van der Waals surface area contributed by atoms with Gasteiger partial charge in [-0.15, -0.1) is 0 Å². The number of methoxy groups -OCH3 is 1. The smallest absolute Gasteiger partial charge is 0.337 e. The first-order valence-electron chi connectivity index (χ1n) is 10.9. The average Bonchev–Trinajstić information content (AvgIpc) is 2.75. The molecule has 0 aromatic heterocycles. The number of Topliss-reactive ketones (excluding diaryl/α,β-unsaturated/α-hetero) is 1. The Balaban J connectivity index is 1.80. The fraction of sp³-hybridized carbons (Fsp3) is 0.500. The normalized spacial score (nSPS) is 22.2. The van der Waals surface area contributed by atoms with E-state index in [0.29, 0.717) is 33.3 Å². The Labute approximate surface area is 190 Å². The van der Waals surface area contributed by atoms with E-state index in [1.165, 1.54) is 13.5 Å². The van der Waals surface area contributed by atoms with Gasteiger partial charge in [-0.1, -0.05) is 6.42 Å². The molecule has 1 aromatic rings. The number of hydrogen-bond acceptors (Lipinski definition) is 6. The van der Waals surface area contributed by atoms with Crippen LogP contribution in [0, 0.1) is 0 Å². The summed E-state index contributed by atoms with van der Waals surface area (Å²) in [6.45, 7) is 1.86. The first-order valence-corrected chi connectivity index (χ1v) is 11.7. The minimum absolute atomic E-state index is 0.0172. The van der Waals surface area contributed by atoms with Crippen molar-refractivity contribution in [3.8, 4) is 11.5 Å². The van der Waals surface area contributed by atoms with Gasteiger partial charge in [0, 0.05) is 29.3 Å². The van der Waals surface area contributed by atoms with E-state index in [2.05, 4.69) is 21.2 Å². The number of rotatable bonds is 4. The highest BCUT2D eigenvalue weighted by atomic mass is 79.9. The van der Waals surface area contributed by atoms with Crippen LogP contribution in [-0.2, 0) is 14.3 Å². The van der Waals surface area contributed by atoms with Crippen molar-refractivity contribution < 1.29 is 24.2 Å². The summed E-state index contributed by atoms with van der Waals surface area (Å²) in [6.07, 6.45) is 6.97. The van der Waals surface area contributed by atoms with Gasteiger partial charge >= 0.3 is 5.97 Å². The molecule has 1 aliphatic heterocycles. The van der Waals surface area contributed by atoms with Crippen molar-refractivity contribution in [3.63, 3.8) is 0 Å². The zero-order valence-corrected chi connectivity index (χ0v) is 19.5. The van der Waals surface area contributed by atoms with Crippen LogP contribution in [0.1, 0.15) is 69.8 Å². The molecule has 0 spiro atoms. The molecule has 2 N–H and O–H groups in total. The highest BCUT2D eigenvalue weighted by molar-refractivity contribution is 9.10. The third-order valence-electron chi connectivity index (χ3n) is 6.43. The number of aromatic hydroxyl groups is 1. The predicted octanol–water partition coefficient (Wildman–Crippen LogP) is 5.01. The fourth-order valence-electron chi connectivity index (χ4n) is 4.90. The van der Waals surface area contributed by atoms with Gasteiger partial charge < -0.3 is 19.9 Å². The molecule has 0 unspecified atom stereocenters. The van der Waals surface area contributed by atoms with Crippen molar-refractivity contribution >= 4 is 27.7 Å². The fourth-order valence-corrected chi connectivity index (χ4v) is 5.36. The lowest BCUT2D eigenvalue weighted by Gasteiger charge is -2.35. The van der Waals surface area contributed by atoms with E-state index in [9.17, 15) is 14.7 Å². The lowest BCUT2D eigenvalue weighted by Crippen LogP contribution is -2.35. The number of phenols is 1. The van der Waals surface area contributed by atoms with Crippen LogP contribution in [0.5, 0.6) is 11.5 Å². The van der Waals surface area contributed by atoms with Crippen LogP contribution in [0.15, 0.2) is 39.1 Å². The Kier molecular flexibility index (Phi) is 6.42. The number of ketones is 1. The molecule has 7 heteroatoms. The number of hydrogen-bond donors (Lipinski definition) is 2. The first kappa shape index (κ1) is 21.9. The van der Waals surface area contributed by atoms with Gasteiger partial charge in [0.25, 0.3) is 0 Å². The quantitative estimate of drug-likeness (QED) is 0.578. The van der Waals surface area contributed by atoms with Gasteiger partial charge in [0.1, 0.15) is 6.10 Å². The summed E-state index contributed by atoms with van der Waals surface area (Å²) in [5, 5.41) is 13.6. The second kappa shape index (κ2) is 9.07. The molecule has 1 fully saturated rings. The van der Waals surface area contributed by atoms with Crippen LogP contribution >= 0.6 is 15.9 Å². The number of esters is 1. The second-order valence-electron chi connectivity index (χ2n) is 8.48. The zero-order valence-electron chi connectivity index (χ0n) is 17.9. The van der Waals surface area contributed by atoms with E-state index >= 15 is 0 Å². The summed E-state index contributed by atoms with van der Waals surface area (Å²) in [5.74, 6) is -0.638. The Morgan fingerprint density at radius 2 is 1.90 bits per heavy atom. The molecule has 0 saturated heterocycles. The van der Waals surface area contributed by atoms with Gasteiger partial charge in [-0.3, -0.25) is 4.79 Å². The van der Waals surface area contributed by atoms with Crippen LogP contribution in [0.3, 0.4) is 0 Å². The summed E-state index contributed by atoms with van der Waals surface area (Å²) in [5.41, 5.74) is 3.37. The number of phenolic OH excluding ortho intramolecular Hbond substituents is 1. The number of carbonyl (C=O) groups excluding carboxylic acids is 2. The molecule has 0 amide bonds. The maximum Gasteiger partial charge on any atom is 0.337 e. The molecule has 1 atom stereocenters. The van der Waals surface area contributed by atoms with Crippen LogP contribution in [0.4, 0.5) is 0 Å². The molecular weight excluding hydrogens is 462 g/mol. The Morgan fingerprint density at radius 3 is 2.61 bits per heavy atom. The SMILES string of the molecule is COc1cc([C@@H]2C(C(=O)OC3CCCCC3)=C(C)NC3=C2C(=O)CCC3)cc(Br)c1O. The van der Waals surface area contributed by atoms with Crippen molar-refractivity contribution in [2.75, 3.05) is 7.11 Å². The lowest BCUT2D eigenvalue weighted by molar-refractivity contribution is -0.146. The summed E-state index contributed by atoms with van der Waals surface area (Å²) in [6, 6.07) is 3.45. The van der Waals surface area contributed by atoms with Crippen LogP contribution in [0.25, 0.3) is 0 Å². The summed E-state index contributed by atoms with van der Waals surface area (Å²) in [7, 11) is 1.48. The Bertz CT molecular complexity index is 974. The molecule has 166 valence electrons. The number of benzene rings is 1. The van der Waals surface area contributed by atoms with Gasteiger partial charge in [0.05, 0.1) is 17.2 Å². The molecule has 1 heterocycles. The molecule has 1 aromatic carbocycles. The maximum absolute atomic E-state index is 13.4. The molecule has 6 nitrogen and oxygen atoms in total. The van der Waals surface area contributed by atoms with Crippen LogP contribution < -0.4 is 10.1 Å². The second-order valence-corrected chi connectivity index (χ2v) is 9.34. The third-order valence-corrected chi connectivity index (χ3v) is 7.03. The van der Waals surface area contributed by atoms with Gasteiger partial charge in [-0.2, -0.15) is 0 Å². The third kappa shape index (κ3) is 4.25. The van der Waals surface area contributed by atoms with E-state index < -0.39 is 5.92 Å². The van der Waals surface area contributed by atoms with Gasteiger partial charge in [-0.25, -0.2) is 4.79 Å². The van der Waals surface area contributed by atoms with Crippen molar-refractivity contribution in [2.45, 2.75) is 70.3 Å². The molecule has 0 bridgehead atoms. The molecule has 2 aliphatic carbocycles. The lowest BCUT2D eigenvalue weighted by atomic mass is 9.75. The predicted molar refractivity (Wildman–Crippen MR) is 120 cm³/mol. The largest absolute Gasteiger partial charge is 0.503 e. The van der Waals surface area contributed by atoms with Crippen molar-refractivity contribution in [1.29, 1.82) is 0 Å². The highest BCUT2D eigenvalue weighted by Gasteiger charge is 2.40. The molecule has 31 heavy (non-hydrogen) atoms. The topological polar surface area (TPSA) is 84.9 Å². The summed E-state index contributed by atoms with van der Waals surface area (Å²) < 4.78 is 11.7. The number of carbonyl (C=O) groups is 2. The molecular formula is C24H28BrNO5. The van der Waals surface area contributed by atoms with E-state index in [-0.39, 0.29) is 29.4 Å². The number of ether oxygens (including phenoxy) is 2. The van der Waals surface area contributed by atoms with Crippen molar-refractivity contribution in [3.05, 3.63) is 44.7 Å². The summed E-state index contributed by atoms with van der Waals surface area (Å²) >= 11 is 3.38. The van der Waals surface area contributed by atoms with Gasteiger partial charge in [0.2, 0.25) is 0 Å². The minimum atomic E-state index is -0.564. The standard InChI is InChI=1S/C24H28BrNO5/c1-13-20(24(29)31-15-7-4-3-5-8-15)21(22-17(26-13)9-6-10-18(22)27)14-11-16(25)23(28)19(12-14)30-2/h11-12,15,21,26,28H,3-10H2,1-2H3/t21-/m1/s1. The number of halogens is 1. The van der Waals surface area contributed by atoms with Crippen LogP contribution in [-0.4, -0.2) is 30.1 Å². The van der Waals surface area contributed by atoms with E-state index in [0.717, 1.165) is 44.2 Å². The minimum Gasteiger partial charge on any atom is -0.503 e. The van der Waals surface area contributed by atoms with E-state index in [1.807, 2.05) is 6.92 Å². The maximum atomic E-state index is 13.4. The first-order chi connectivity index (χ1) is 14.9. The highest BCUT2D eigenvalue weighted by Crippen LogP contribution is 2.46. The number of dihydropyridines is 1. The Morgan fingerprint density at radius 1 is 1.16 bits per heavy atom. The molecule has 1 saturated carbocycles. The van der Waals surface area contributed by atoms with Gasteiger partial charge in [0.15, 0.2) is 17.3 Å². The van der Waals surface area contributed by atoms with Crippen molar-refractivity contribution in [2.24, 2.45) is 0 Å². The monoisotopic (exact) mass is 489 g/mol. The molecule has 0 radical (unpaired) electrons. The average molecular weight is 490 g/mol. The van der Waals surface area contributed by atoms with E-state index in [4.69, 9.17) is 9.47 Å². The van der Waals surface area contributed by atoms with Crippen LogP contribution in [0.2, 0.25) is 0 Å². The van der Waals surface area contributed by atoms with Gasteiger partial charge in [-0.05, 0) is 79.1 Å². The number of nitrogens with one attached hydrogen (secondary N) is 1. The van der Waals surface area contributed by atoms with Crippen molar-refractivity contribution in [1.82, 2.24) is 5.32 Å². The molecule has 3 aliphatic rings. The summed E-state index contributed by atoms with van der Waals surface area (Å²) in [4.78, 5) is 26.4. The van der Waals surface area contributed by atoms with E-state index in [1.54, 1.807) is 12.1 Å².